The lowest BCUT2D eigenvalue weighted by atomic mass is 9.95. The first-order chi connectivity index (χ1) is 14.1. The molecule has 0 bridgehead atoms. The van der Waals surface area contributed by atoms with Crippen molar-refractivity contribution in [2.45, 2.75) is 68.8 Å². The Hall–Kier alpha value is -1.92. The Morgan fingerprint density at radius 1 is 1.17 bits per heavy atom. The smallest absolute Gasteiger partial charge is 0.192 e. The fourth-order valence-electron chi connectivity index (χ4n) is 3.95. The molecule has 0 unspecified atom stereocenters. The van der Waals surface area contributed by atoms with Gasteiger partial charge in [-0.1, -0.05) is 66.9 Å². The van der Waals surface area contributed by atoms with Gasteiger partial charge in [0.1, 0.15) is 5.82 Å². The minimum atomic E-state index is -0.196. The van der Waals surface area contributed by atoms with Crippen LogP contribution in [0.4, 0.5) is 0 Å². The molecule has 0 spiro atoms. The van der Waals surface area contributed by atoms with Crippen LogP contribution in [-0.2, 0) is 6.42 Å². The van der Waals surface area contributed by atoms with E-state index in [4.69, 9.17) is 0 Å². The van der Waals surface area contributed by atoms with Crippen LogP contribution in [0.2, 0.25) is 0 Å². The monoisotopic (exact) mass is 425 g/mol. The van der Waals surface area contributed by atoms with Crippen molar-refractivity contribution in [1.29, 1.82) is 0 Å². The Bertz CT molecular complexity index is 941. The lowest BCUT2D eigenvalue weighted by Crippen LogP contribution is -2.19. The van der Waals surface area contributed by atoms with Gasteiger partial charge in [0, 0.05) is 22.9 Å². The summed E-state index contributed by atoms with van der Waals surface area (Å²) in [5.74, 6) is 1.17. The number of Topliss-reactive ketones (excluding diaryl/α,β-unsaturated/α-hetero) is 1. The third kappa shape index (κ3) is 4.81. The van der Waals surface area contributed by atoms with Crippen molar-refractivity contribution in [2.24, 2.45) is 0 Å². The van der Waals surface area contributed by atoms with Gasteiger partial charge in [-0.3, -0.25) is 4.79 Å². The summed E-state index contributed by atoms with van der Waals surface area (Å²) in [6.45, 7) is 4.01. The Balaban J connectivity index is 1.57. The summed E-state index contributed by atoms with van der Waals surface area (Å²) in [6, 6.07) is 12.5. The zero-order valence-corrected chi connectivity index (χ0v) is 18.6. The summed E-state index contributed by atoms with van der Waals surface area (Å²) in [6.07, 6.45) is 6.96. The van der Waals surface area contributed by atoms with E-state index in [1.807, 2.05) is 38.1 Å². The average Bonchev–Trinajstić information content (AvgIpc) is 3.39. The summed E-state index contributed by atoms with van der Waals surface area (Å²) < 4.78 is 2.34. The van der Waals surface area contributed by atoms with Crippen molar-refractivity contribution in [3.63, 3.8) is 0 Å². The standard InChI is InChI=1S/C23H27N3OS2/c1-16-10-12-18(13-11-16)22(27)17(2)29-23-25-24-21(15-20-9-6-14-28-20)26(23)19-7-4-3-5-8-19/h6,9-14,17,19H,3-5,7-8,15H2,1-2H3/t17-/m1/s1. The molecule has 1 atom stereocenters. The van der Waals surface area contributed by atoms with Gasteiger partial charge in [0.15, 0.2) is 10.9 Å². The fraction of sp³-hybridized carbons (Fsp3) is 0.435. The van der Waals surface area contributed by atoms with Gasteiger partial charge in [-0.2, -0.15) is 0 Å². The topological polar surface area (TPSA) is 47.8 Å². The van der Waals surface area contributed by atoms with Crippen LogP contribution in [0, 0.1) is 6.92 Å². The maximum absolute atomic E-state index is 12.9. The Morgan fingerprint density at radius 3 is 2.62 bits per heavy atom. The molecule has 29 heavy (non-hydrogen) atoms. The van der Waals surface area contributed by atoms with E-state index in [9.17, 15) is 4.79 Å². The number of carbonyl (C=O) groups excluding carboxylic acids is 1. The van der Waals surface area contributed by atoms with Gasteiger partial charge >= 0.3 is 0 Å². The number of ketones is 1. The number of aromatic nitrogens is 3. The van der Waals surface area contributed by atoms with E-state index in [2.05, 4.69) is 32.3 Å². The second-order valence-electron chi connectivity index (χ2n) is 7.81. The van der Waals surface area contributed by atoms with Gasteiger partial charge in [-0.05, 0) is 38.1 Å². The molecule has 2 heterocycles. The quantitative estimate of drug-likeness (QED) is 0.338. The molecular weight excluding hydrogens is 398 g/mol. The van der Waals surface area contributed by atoms with Crippen molar-refractivity contribution >= 4 is 28.9 Å². The number of rotatable bonds is 7. The van der Waals surface area contributed by atoms with Crippen molar-refractivity contribution < 1.29 is 4.79 Å². The van der Waals surface area contributed by atoms with Crippen LogP contribution >= 0.6 is 23.1 Å². The third-order valence-corrected chi connectivity index (χ3v) is 7.51. The highest BCUT2D eigenvalue weighted by Gasteiger charge is 2.26. The van der Waals surface area contributed by atoms with Gasteiger partial charge in [0.05, 0.1) is 5.25 Å². The number of hydrogen-bond acceptors (Lipinski definition) is 5. The molecule has 6 heteroatoms. The van der Waals surface area contributed by atoms with E-state index in [-0.39, 0.29) is 11.0 Å². The molecule has 1 aliphatic carbocycles. The molecule has 3 aromatic rings. The highest BCUT2D eigenvalue weighted by atomic mass is 32.2. The highest BCUT2D eigenvalue weighted by molar-refractivity contribution is 8.00. The minimum Gasteiger partial charge on any atom is -0.303 e. The van der Waals surface area contributed by atoms with Gasteiger partial charge in [0.25, 0.3) is 0 Å². The molecule has 4 nitrogen and oxygen atoms in total. The van der Waals surface area contributed by atoms with Crippen molar-refractivity contribution in [3.05, 3.63) is 63.6 Å². The molecule has 2 aromatic heterocycles. The summed E-state index contributed by atoms with van der Waals surface area (Å²) in [7, 11) is 0. The van der Waals surface area contributed by atoms with E-state index < -0.39 is 0 Å². The van der Waals surface area contributed by atoms with E-state index in [0.717, 1.165) is 28.5 Å². The van der Waals surface area contributed by atoms with E-state index in [1.54, 1.807) is 23.1 Å². The first-order valence-electron chi connectivity index (χ1n) is 10.4. The largest absolute Gasteiger partial charge is 0.303 e. The highest BCUT2D eigenvalue weighted by Crippen LogP contribution is 2.35. The first-order valence-corrected chi connectivity index (χ1v) is 12.1. The molecule has 0 radical (unpaired) electrons. The zero-order valence-electron chi connectivity index (χ0n) is 17.0. The lowest BCUT2D eigenvalue weighted by Gasteiger charge is -2.26. The van der Waals surface area contributed by atoms with Crippen LogP contribution < -0.4 is 0 Å². The normalized spacial score (nSPS) is 16.1. The van der Waals surface area contributed by atoms with Gasteiger partial charge in [-0.25, -0.2) is 0 Å². The van der Waals surface area contributed by atoms with Crippen LogP contribution in [0.15, 0.2) is 46.9 Å². The molecule has 0 N–H and O–H groups in total. The van der Waals surface area contributed by atoms with Crippen molar-refractivity contribution in [3.8, 4) is 0 Å². The molecule has 0 aliphatic heterocycles. The van der Waals surface area contributed by atoms with E-state index >= 15 is 0 Å². The van der Waals surface area contributed by atoms with E-state index in [0.29, 0.717) is 6.04 Å². The van der Waals surface area contributed by atoms with Crippen molar-refractivity contribution in [1.82, 2.24) is 14.8 Å². The van der Waals surface area contributed by atoms with Crippen LogP contribution in [-0.4, -0.2) is 25.8 Å². The van der Waals surface area contributed by atoms with Crippen LogP contribution in [0.1, 0.15) is 71.7 Å². The van der Waals surface area contributed by atoms with Crippen LogP contribution in [0.25, 0.3) is 0 Å². The molecule has 1 saturated carbocycles. The molecule has 0 saturated heterocycles. The number of hydrogen-bond donors (Lipinski definition) is 0. The molecule has 1 fully saturated rings. The number of carbonyl (C=O) groups is 1. The second kappa shape index (κ2) is 9.26. The van der Waals surface area contributed by atoms with Crippen LogP contribution in [0.3, 0.4) is 0 Å². The Kier molecular flexibility index (Phi) is 6.50. The molecule has 1 aromatic carbocycles. The number of thioether (sulfide) groups is 1. The van der Waals surface area contributed by atoms with Crippen LogP contribution in [0.5, 0.6) is 0 Å². The van der Waals surface area contributed by atoms with Gasteiger partial charge < -0.3 is 4.57 Å². The molecule has 0 amide bonds. The van der Waals surface area contributed by atoms with E-state index in [1.165, 1.54) is 37.0 Å². The fourth-order valence-corrected chi connectivity index (χ4v) is 5.66. The van der Waals surface area contributed by atoms with Gasteiger partial charge in [-0.15, -0.1) is 21.5 Å². The molecule has 4 rings (SSSR count). The third-order valence-electron chi connectivity index (χ3n) is 5.57. The number of thiophene rings is 1. The minimum absolute atomic E-state index is 0.146. The molecular formula is C23H27N3OS2. The summed E-state index contributed by atoms with van der Waals surface area (Å²) >= 11 is 3.31. The second-order valence-corrected chi connectivity index (χ2v) is 10.1. The Labute approximate surface area is 180 Å². The lowest BCUT2D eigenvalue weighted by molar-refractivity contribution is 0.0993. The number of benzene rings is 1. The summed E-state index contributed by atoms with van der Waals surface area (Å²) in [5.41, 5.74) is 1.93. The predicted molar refractivity (Wildman–Crippen MR) is 120 cm³/mol. The number of nitrogens with zero attached hydrogens (tertiary/aromatic N) is 3. The zero-order chi connectivity index (χ0) is 20.2. The maximum atomic E-state index is 12.9. The maximum Gasteiger partial charge on any atom is 0.192 e. The first kappa shape index (κ1) is 20.4. The number of aryl methyl sites for hydroxylation is 1. The van der Waals surface area contributed by atoms with Crippen molar-refractivity contribution in [2.75, 3.05) is 0 Å². The molecule has 152 valence electrons. The predicted octanol–water partition coefficient (Wildman–Crippen LogP) is 6.11. The average molecular weight is 426 g/mol. The summed E-state index contributed by atoms with van der Waals surface area (Å²) in [5, 5.41) is 11.9. The SMILES string of the molecule is Cc1ccc(C(=O)[C@@H](C)Sc2nnc(Cc3cccs3)n2C2CCCCC2)cc1. The summed E-state index contributed by atoms with van der Waals surface area (Å²) in [4.78, 5) is 14.2. The van der Waals surface area contributed by atoms with Gasteiger partial charge in [0.2, 0.25) is 0 Å². The Morgan fingerprint density at radius 2 is 1.93 bits per heavy atom. The molecule has 1 aliphatic rings.